The summed E-state index contributed by atoms with van der Waals surface area (Å²) in [6, 6.07) is 46.3. The zero-order chi connectivity index (χ0) is 25.9. The lowest BCUT2D eigenvalue weighted by molar-refractivity contribution is 0.487. The molecule has 2 aliphatic rings. The summed E-state index contributed by atoms with van der Waals surface area (Å²) in [5.74, 6) is 1.83. The quantitative estimate of drug-likeness (QED) is 0.216. The van der Waals surface area contributed by atoms with Gasteiger partial charge in [0.2, 0.25) is 0 Å². The summed E-state index contributed by atoms with van der Waals surface area (Å²) in [4.78, 5) is 0. The van der Waals surface area contributed by atoms with Crippen molar-refractivity contribution in [3.8, 4) is 50.6 Å². The average molecular weight is 508 g/mol. The molecule has 0 atom stereocenters. The van der Waals surface area contributed by atoms with Gasteiger partial charge in [0.25, 0.3) is 0 Å². The molecule has 0 saturated carbocycles. The zero-order valence-electron chi connectivity index (χ0n) is 21.5. The Balaban J connectivity index is 1.32. The van der Waals surface area contributed by atoms with Gasteiger partial charge in [-0.05, 0) is 62.9 Å². The third-order valence-electron chi connectivity index (χ3n) is 8.92. The molecule has 0 bridgehead atoms. The van der Waals surface area contributed by atoms with Crippen molar-refractivity contribution in [3.05, 3.63) is 127 Å². The number of para-hydroxylation sites is 1. The molecule has 0 amide bonds. The Morgan fingerprint density at radius 1 is 0.400 bits per heavy atom. The Morgan fingerprint density at radius 3 is 1.95 bits per heavy atom. The van der Waals surface area contributed by atoms with E-state index in [0.717, 1.165) is 22.6 Å². The van der Waals surface area contributed by atoms with Gasteiger partial charge < -0.3 is 9.30 Å². The van der Waals surface area contributed by atoms with Crippen molar-refractivity contribution >= 4 is 43.4 Å². The number of hydrogen-bond acceptors (Lipinski definition) is 1. The van der Waals surface area contributed by atoms with Crippen molar-refractivity contribution in [1.82, 2.24) is 4.57 Å². The second-order valence-electron chi connectivity index (χ2n) is 10.9. The number of ether oxygens (including phenoxy) is 1. The van der Waals surface area contributed by atoms with Crippen LogP contribution in [0, 0.1) is 0 Å². The molecule has 2 nitrogen and oxygen atoms in total. The summed E-state index contributed by atoms with van der Waals surface area (Å²) in [7, 11) is 0. The van der Waals surface area contributed by atoms with Gasteiger partial charge in [0.1, 0.15) is 11.5 Å². The van der Waals surface area contributed by atoms with Crippen molar-refractivity contribution < 1.29 is 4.74 Å². The molecule has 2 heterocycles. The molecule has 10 rings (SSSR count). The lowest BCUT2D eigenvalue weighted by atomic mass is 9.93. The van der Waals surface area contributed by atoms with Crippen LogP contribution >= 0.6 is 0 Å². The topological polar surface area (TPSA) is 14.2 Å². The van der Waals surface area contributed by atoms with E-state index in [9.17, 15) is 0 Å². The molecule has 2 heteroatoms. The van der Waals surface area contributed by atoms with Crippen LogP contribution in [-0.4, -0.2) is 4.57 Å². The summed E-state index contributed by atoms with van der Waals surface area (Å²) < 4.78 is 9.04. The molecule has 0 fully saturated rings. The summed E-state index contributed by atoms with van der Waals surface area (Å²) in [6.45, 7) is 0. The summed E-state index contributed by atoms with van der Waals surface area (Å²) >= 11 is 0. The number of rotatable bonds is 1. The summed E-state index contributed by atoms with van der Waals surface area (Å²) in [6.07, 6.45) is 0. The van der Waals surface area contributed by atoms with Crippen molar-refractivity contribution in [3.63, 3.8) is 0 Å². The highest BCUT2D eigenvalue weighted by molar-refractivity contribution is 6.19. The van der Waals surface area contributed by atoms with Crippen LogP contribution in [0.4, 0.5) is 0 Å². The fourth-order valence-electron chi connectivity index (χ4n) is 7.27. The molecule has 184 valence electrons. The van der Waals surface area contributed by atoms with Gasteiger partial charge in [-0.1, -0.05) is 97.1 Å². The van der Waals surface area contributed by atoms with Crippen molar-refractivity contribution in [2.75, 3.05) is 0 Å². The third-order valence-corrected chi connectivity index (χ3v) is 8.92. The SMILES string of the molecule is c1ccc2c(c1)-c1cccc3c(-n4c5ccccc5c5cc6c(cc54)Oc4cccc5cccc-6c45)ccc-2c13. The maximum atomic E-state index is 6.61. The normalized spacial score (nSPS) is 12.7. The van der Waals surface area contributed by atoms with Crippen LogP contribution in [0.25, 0.3) is 82.4 Å². The van der Waals surface area contributed by atoms with Gasteiger partial charge in [-0.15, -0.1) is 0 Å². The molecule has 7 aromatic carbocycles. The molecule has 1 aliphatic carbocycles. The number of hydrogen-bond donors (Lipinski definition) is 0. The minimum Gasteiger partial charge on any atom is -0.456 e. The minimum absolute atomic E-state index is 0.904. The molecule has 1 aliphatic heterocycles. The summed E-state index contributed by atoms with van der Waals surface area (Å²) in [5.41, 5.74) is 11.2. The van der Waals surface area contributed by atoms with E-state index in [1.807, 2.05) is 0 Å². The van der Waals surface area contributed by atoms with Crippen LogP contribution in [0.2, 0.25) is 0 Å². The van der Waals surface area contributed by atoms with E-state index in [1.54, 1.807) is 0 Å². The van der Waals surface area contributed by atoms with Crippen LogP contribution in [0.15, 0.2) is 127 Å². The van der Waals surface area contributed by atoms with E-state index in [0.29, 0.717) is 0 Å². The van der Waals surface area contributed by atoms with E-state index in [1.165, 1.54) is 71.3 Å². The molecular formula is C38H21NO. The molecule has 0 saturated heterocycles. The lowest BCUT2D eigenvalue weighted by Crippen LogP contribution is -1.99. The lowest BCUT2D eigenvalue weighted by Gasteiger charge is -2.22. The fourth-order valence-corrected chi connectivity index (χ4v) is 7.27. The molecule has 0 radical (unpaired) electrons. The average Bonchev–Trinajstić information content (AvgIpc) is 3.50. The van der Waals surface area contributed by atoms with Crippen LogP contribution < -0.4 is 4.74 Å². The molecule has 40 heavy (non-hydrogen) atoms. The predicted molar refractivity (Wildman–Crippen MR) is 166 cm³/mol. The van der Waals surface area contributed by atoms with Crippen LogP contribution in [-0.2, 0) is 0 Å². The Labute approximate surface area is 230 Å². The van der Waals surface area contributed by atoms with Crippen LogP contribution in [0.5, 0.6) is 11.5 Å². The highest BCUT2D eigenvalue weighted by Gasteiger charge is 2.26. The standard InChI is InChI=1S/C38H21NO/c1-2-11-24-23(10-1)26-14-7-15-29-33(19-18-28(24)38(26)29)39-32-16-4-3-12-25(32)30-20-31-27-13-5-8-22-9-6-17-35(37(22)27)40-36(31)21-34(30)39/h1-21H. The van der Waals surface area contributed by atoms with Gasteiger partial charge in [0.05, 0.1) is 16.7 Å². The number of aromatic nitrogens is 1. The first-order valence-electron chi connectivity index (χ1n) is 13.8. The Hall–Kier alpha value is -5.34. The first-order valence-corrected chi connectivity index (χ1v) is 13.8. The molecule has 0 spiro atoms. The number of benzene rings is 7. The largest absolute Gasteiger partial charge is 0.456 e. The second kappa shape index (κ2) is 7.19. The maximum Gasteiger partial charge on any atom is 0.137 e. The Bertz CT molecular complexity index is 2370. The predicted octanol–water partition coefficient (Wildman–Crippen LogP) is 10.5. The first-order chi connectivity index (χ1) is 19.8. The van der Waals surface area contributed by atoms with Crippen molar-refractivity contribution in [2.45, 2.75) is 0 Å². The van der Waals surface area contributed by atoms with Crippen molar-refractivity contribution in [1.29, 1.82) is 0 Å². The number of fused-ring (bicyclic) bond motifs is 8. The zero-order valence-corrected chi connectivity index (χ0v) is 21.5. The first kappa shape index (κ1) is 20.6. The molecule has 1 aromatic heterocycles. The van der Waals surface area contributed by atoms with Gasteiger partial charge in [-0.25, -0.2) is 0 Å². The summed E-state index contributed by atoms with van der Waals surface area (Å²) in [5, 5.41) is 7.48. The molecule has 8 aromatic rings. The van der Waals surface area contributed by atoms with Gasteiger partial charge in [0, 0.05) is 33.2 Å². The molecule has 0 unspecified atom stereocenters. The van der Waals surface area contributed by atoms with Gasteiger partial charge in [-0.3, -0.25) is 0 Å². The second-order valence-corrected chi connectivity index (χ2v) is 10.9. The van der Waals surface area contributed by atoms with E-state index in [4.69, 9.17) is 4.74 Å². The highest BCUT2D eigenvalue weighted by Crippen LogP contribution is 2.51. The minimum atomic E-state index is 0.904. The van der Waals surface area contributed by atoms with Gasteiger partial charge >= 0.3 is 0 Å². The maximum absolute atomic E-state index is 6.61. The number of nitrogens with zero attached hydrogens (tertiary/aromatic N) is 1. The highest BCUT2D eigenvalue weighted by atomic mass is 16.5. The van der Waals surface area contributed by atoms with Crippen LogP contribution in [0.1, 0.15) is 0 Å². The third kappa shape index (κ3) is 2.45. The molecular weight excluding hydrogens is 486 g/mol. The monoisotopic (exact) mass is 507 g/mol. The smallest absolute Gasteiger partial charge is 0.137 e. The van der Waals surface area contributed by atoms with E-state index in [-0.39, 0.29) is 0 Å². The van der Waals surface area contributed by atoms with E-state index < -0.39 is 0 Å². The van der Waals surface area contributed by atoms with Crippen LogP contribution in [0.3, 0.4) is 0 Å². The van der Waals surface area contributed by atoms with Gasteiger partial charge in [0.15, 0.2) is 0 Å². The van der Waals surface area contributed by atoms with E-state index in [2.05, 4.69) is 132 Å². The van der Waals surface area contributed by atoms with Gasteiger partial charge in [-0.2, -0.15) is 0 Å². The van der Waals surface area contributed by atoms with Crippen molar-refractivity contribution in [2.24, 2.45) is 0 Å². The Morgan fingerprint density at radius 2 is 1.07 bits per heavy atom. The van der Waals surface area contributed by atoms with E-state index >= 15 is 0 Å². The Kier molecular flexibility index (Phi) is 3.70. The fraction of sp³-hybridized carbons (Fsp3) is 0. The molecule has 0 N–H and O–H groups in total.